The normalized spacial score (nSPS) is 19.1. The minimum atomic E-state index is -1.93. The van der Waals surface area contributed by atoms with E-state index in [2.05, 4.69) is 74.4 Å². The quantitative estimate of drug-likeness (QED) is 0.0269. The van der Waals surface area contributed by atoms with Crippen molar-refractivity contribution in [3.8, 4) is 0 Å². The van der Waals surface area contributed by atoms with Crippen LogP contribution in [0.4, 0.5) is 0 Å². The van der Waals surface area contributed by atoms with Crippen LogP contribution in [0.3, 0.4) is 0 Å². The standard InChI is InChI=1S/C75H119N19O31/c1-6-36(2)59(80-34-58(107)108)73(121)86-38(4)65(113)85-37(3)64(112)81-29-51(98)79-30-52(99)89-47(27-40-13-8-7-9-14-40)71(119)91-43(18-17-41(28-77)124-75-63(111)62(110)61(109)49(35-95)125-75)67(115)83-32-53(100)87-45(20-23-56(103)104)69(117)90-44(19-22-50(78)97)68(116)84-33-55(102)94-26-12-16-48(94)72(120)92-42(15-10-11-25-76)66(114)82-31-54(101)88-46(21-24-57(105)106)70(118)93-60(39(5)96)74(122)123/h7-9,13-14,36-39,41-49,59-63,75,80,95-96,109-111H,6,10-12,15-35,76-77H2,1-5H3,(H2,78,97)(H,79,98)(H,81,112)(H,82,114)(H,83,115)(H,84,116)(H,85,113)(H,86,121)(H,87,100)(H,88,101)(H,89,99)(H,90,117)(H,91,119)(H,92,120)(H,93,118)(H,103,104)(H,105,106)(H,107,108)(H,122,123)/t36-,37-,38-,39+,41+,42-,43-,44-,45-,46-,47-,48-,49+,59-,60-,61-,62+,63+,75+/m0/s1. The van der Waals surface area contributed by atoms with Crippen LogP contribution in [0.15, 0.2) is 30.3 Å². The number of carbonyl (C=O) groups is 20. The lowest BCUT2D eigenvalue weighted by molar-refractivity contribution is -0.310. The van der Waals surface area contributed by atoms with E-state index in [4.69, 9.17) is 31.8 Å². The van der Waals surface area contributed by atoms with Crippen LogP contribution in [0.1, 0.15) is 130 Å². The molecule has 30 N–H and O–H groups in total. The van der Waals surface area contributed by atoms with E-state index in [-0.39, 0.29) is 57.5 Å². The number of carboxylic acids is 4. The van der Waals surface area contributed by atoms with Crippen LogP contribution in [0, 0.1) is 5.92 Å². The number of hydrogen-bond donors (Lipinski definition) is 27. The van der Waals surface area contributed by atoms with Crippen molar-refractivity contribution in [3.63, 3.8) is 0 Å². The van der Waals surface area contributed by atoms with E-state index in [1.807, 2.05) is 5.32 Å². The Balaban J connectivity index is 1.83. The molecule has 2 fully saturated rings. The van der Waals surface area contributed by atoms with Gasteiger partial charge in [0.15, 0.2) is 12.3 Å². The van der Waals surface area contributed by atoms with Crippen LogP contribution in [-0.4, -0.2) is 344 Å². The Kier molecular flexibility index (Phi) is 47.6. The third-order valence-electron chi connectivity index (χ3n) is 19.8. The summed E-state index contributed by atoms with van der Waals surface area (Å²) in [4.78, 5) is 263. The molecule has 2 aliphatic heterocycles. The fourth-order valence-corrected chi connectivity index (χ4v) is 12.5. The van der Waals surface area contributed by atoms with Crippen LogP contribution in [0.2, 0.25) is 0 Å². The van der Waals surface area contributed by atoms with Crippen LogP contribution < -0.4 is 97.0 Å². The Hall–Kier alpha value is -11.8. The highest BCUT2D eigenvalue weighted by Crippen LogP contribution is 2.25. The molecule has 50 heteroatoms. The summed E-state index contributed by atoms with van der Waals surface area (Å²) in [6, 6.07) is -8.79. The van der Waals surface area contributed by atoms with Gasteiger partial charge in [0.25, 0.3) is 0 Å². The molecule has 16 amide bonds. The highest BCUT2D eigenvalue weighted by molar-refractivity contribution is 6.00. The Morgan fingerprint density at radius 2 is 0.984 bits per heavy atom. The Morgan fingerprint density at radius 3 is 1.50 bits per heavy atom. The summed E-state index contributed by atoms with van der Waals surface area (Å²) in [6.07, 6.45) is -15.6. The van der Waals surface area contributed by atoms with Gasteiger partial charge in [-0.3, -0.25) is 96.4 Å². The number of aliphatic carboxylic acids is 4. The van der Waals surface area contributed by atoms with Gasteiger partial charge in [0.05, 0.1) is 64.1 Å². The highest BCUT2D eigenvalue weighted by Gasteiger charge is 2.46. The molecule has 19 atom stereocenters. The zero-order chi connectivity index (χ0) is 93.9. The van der Waals surface area contributed by atoms with E-state index in [0.29, 0.717) is 18.4 Å². The number of nitrogens with zero attached hydrogens (tertiary/aromatic N) is 1. The maximum absolute atomic E-state index is 14.6. The maximum Gasteiger partial charge on any atom is 0.328 e. The van der Waals surface area contributed by atoms with Gasteiger partial charge in [-0.1, -0.05) is 50.6 Å². The van der Waals surface area contributed by atoms with Crippen molar-refractivity contribution >= 4 is 118 Å². The third-order valence-corrected chi connectivity index (χ3v) is 19.8. The summed E-state index contributed by atoms with van der Waals surface area (Å²) in [5, 5.41) is 124. The van der Waals surface area contributed by atoms with Gasteiger partial charge in [0.2, 0.25) is 94.5 Å². The molecule has 0 radical (unpaired) electrons. The molecule has 0 spiro atoms. The first-order valence-corrected chi connectivity index (χ1v) is 40.3. The Labute approximate surface area is 716 Å². The number of amides is 16. The topological polar surface area (TPSA) is 804 Å². The second-order valence-electron chi connectivity index (χ2n) is 29.7. The van der Waals surface area contributed by atoms with Gasteiger partial charge >= 0.3 is 23.9 Å². The summed E-state index contributed by atoms with van der Waals surface area (Å²) in [5.74, 6) is -22.3. The second-order valence-corrected chi connectivity index (χ2v) is 29.7. The van der Waals surface area contributed by atoms with Gasteiger partial charge < -0.3 is 152 Å². The van der Waals surface area contributed by atoms with Crippen LogP contribution in [0.5, 0.6) is 0 Å². The number of ether oxygens (including phenoxy) is 2. The SMILES string of the molecule is CC[C@H](C)[C@H](NCC(=O)O)C(=O)N[C@@H](C)C(=O)N[C@@H](C)C(=O)NCC(=O)NCC(=O)N[C@@H](Cc1ccccc1)C(=O)N[C@@H](CC[C@H](CN)O[C@@H]1O[C@H](CO)[C@H](O)[C@@H](O)[C@H]1O)C(=O)NCC(=O)N[C@@H](CCC(=O)O)C(=O)N[C@@H](CCC(N)=O)C(=O)NCC(=O)N1CCC[C@H]1C(=O)N[C@@H](CCCCN)C(=O)NCC(=O)N[C@@H](CCC(=O)O)C(=O)N[C@H](C(=O)O)[C@@H](C)O. The Morgan fingerprint density at radius 1 is 0.496 bits per heavy atom. The van der Waals surface area contributed by atoms with Crippen molar-refractivity contribution in [3.05, 3.63) is 35.9 Å². The van der Waals surface area contributed by atoms with Gasteiger partial charge in [-0.15, -0.1) is 0 Å². The van der Waals surface area contributed by atoms with Crippen LogP contribution >= 0.6 is 0 Å². The van der Waals surface area contributed by atoms with Gasteiger partial charge in [0.1, 0.15) is 78.8 Å². The molecule has 2 heterocycles. The van der Waals surface area contributed by atoms with Crippen molar-refractivity contribution in [2.45, 2.75) is 240 Å². The van der Waals surface area contributed by atoms with Crippen molar-refractivity contribution in [1.82, 2.24) is 84.7 Å². The summed E-state index contributed by atoms with van der Waals surface area (Å²) in [5.41, 5.74) is 17.5. The number of hydrogen-bond acceptors (Lipinski definition) is 30. The predicted octanol–water partition coefficient (Wildman–Crippen LogP) is -12.2. The van der Waals surface area contributed by atoms with E-state index >= 15 is 0 Å². The van der Waals surface area contributed by atoms with Crippen molar-refractivity contribution in [2.75, 3.05) is 65.5 Å². The highest BCUT2D eigenvalue weighted by atomic mass is 16.7. The van der Waals surface area contributed by atoms with Crippen molar-refractivity contribution < 1.29 is 151 Å². The number of primary amides is 1. The molecule has 2 saturated heterocycles. The number of carbonyl (C=O) groups excluding carboxylic acids is 16. The fourth-order valence-electron chi connectivity index (χ4n) is 12.5. The lowest BCUT2D eigenvalue weighted by Gasteiger charge is -2.40. The number of aliphatic hydroxyl groups is 5. The van der Waals surface area contributed by atoms with E-state index in [1.165, 1.54) is 13.8 Å². The number of likely N-dealkylation sites (tertiary alicyclic amines) is 1. The first-order valence-electron chi connectivity index (χ1n) is 40.3. The summed E-state index contributed by atoms with van der Waals surface area (Å²) in [6.45, 7) is 0.936. The van der Waals surface area contributed by atoms with E-state index in [9.17, 15) is 137 Å². The zero-order valence-electron chi connectivity index (χ0n) is 69.7. The number of unbranched alkanes of at least 4 members (excludes halogenated alkanes) is 1. The Bertz CT molecular complexity index is 3870. The molecule has 0 saturated carbocycles. The van der Waals surface area contributed by atoms with E-state index in [1.54, 1.807) is 44.2 Å². The van der Waals surface area contributed by atoms with Crippen molar-refractivity contribution in [2.24, 2.45) is 23.1 Å². The average molecular weight is 1780 g/mol. The van der Waals surface area contributed by atoms with E-state index < -0.39 is 325 Å². The molecular formula is C75H119N19O31. The molecule has 1 aromatic carbocycles. The largest absolute Gasteiger partial charge is 0.481 e. The third kappa shape index (κ3) is 38.9. The zero-order valence-corrected chi connectivity index (χ0v) is 69.7. The second kappa shape index (κ2) is 55.5. The predicted molar refractivity (Wildman–Crippen MR) is 429 cm³/mol. The van der Waals surface area contributed by atoms with Gasteiger partial charge in [-0.05, 0) is 103 Å². The lowest BCUT2D eigenvalue weighted by atomic mass is 9.98. The molecule has 3 rings (SSSR count). The summed E-state index contributed by atoms with van der Waals surface area (Å²) < 4.78 is 11.3. The molecular weight excluding hydrogens is 1660 g/mol. The van der Waals surface area contributed by atoms with Crippen molar-refractivity contribution in [1.29, 1.82) is 0 Å². The maximum atomic E-state index is 14.6. The molecule has 125 heavy (non-hydrogen) atoms. The number of benzene rings is 1. The number of nitrogens with two attached hydrogens (primary N) is 3. The molecule has 1 aromatic rings. The van der Waals surface area contributed by atoms with Crippen LogP contribution in [-0.2, 0) is 112 Å². The minimum Gasteiger partial charge on any atom is -0.481 e. The first-order chi connectivity index (χ1) is 58.9. The lowest BCUT2D eigenvalue weighted by Crippen LogP contribution is -2.60. The number of aliphatic hydroxyl groups excluding tert-OH is 5. The van der Waals surface area contributed by atoms with E-state index in [0.717, 1.165) is 11.8 Å². The number of nitrogens with one attached hydrogen (secondary N) is 15. The molecule has 0 unspecified atom stereocenters. The van der Waals surface area contributed by atoms with Gasteiger partial charge in [-0.25, -0.2) is 4.79 Å². The molecule has 0 aromatic heterocycles. The summed E-state index contributed by atoms with van der Waals surface area (Å²) in [7, 11) is 0. The molecule has 50 nitrogen and oxygen atoms in total. The molecule has 0 aliphatic carbocycles. The first kappa shape index (κ1) is 107. The number of rotatable bonds is 58. The van der Waals surface area contributed by atoms with Gasteiger partial charge in [0, 0.05) is 38.8 Å². The smallest absolute Gasteiger partial charge is 0.328 e. The molecule has 2 aliphatic rings. The average Bonchev–Trinajstić information content (AvgIpc) is 1.48. The fraction of sp³-hybridized carbons (Fsp3) is 0.653. The van der Waals surface area contributed by atoms with Gasteiger partial charge in [-0.2, -0.15) is 0 Å². The molecule has 700 valence electrons. The monoisotopic (exact) mass is 1780 g/mol. The van der Waals surface area contributed by atoms with Crippen LogP contribution in [0.25, 0.3) is 0 Å². The number of carboxylic acid groups (broad SMARTS) is 4. The summed E-state index contributed by atoms with van der Waals surface area (Å²) >= 11 is 0. The molecule has 0 bridgehead atoms. The minimum absolute atomic E-state index is 0.0190.